The molecule has 3 aromatic heterocycles. The second-order valence-electron chi connectivity index (χ2n) is 6.52. The van der Waals surface area contributed by atoms with E-state index in [-0.39, 0.29) is 18.3 Å². The van der Waals surface area contributed by atoms with Crippen LogP contribution in [0.5, 0.6) is 0 Å². The Hall–Kier alpha value is -3.66. The highest BCUT2D eigenvalue weighted by Crippen LogP contribution is 2.20. The number of aryl methyl sites for hydroxylation is 1. The van der Waals surface area contributed by atoms with Crippen LogP contribution in [0, 0.1) is 12.7 Å². The predicted octanol–water partition coefficient (Wildman–Crippen LogP) is 2.31. The molecular formula is C20H17FN6O2S. The molecular weight excluding hydrogens is 407 g/mol. The number of nitrogens with zero attached hydrogens (tertiary/aromatic N) is 5. The summed E-state index contributed by atoms with van der Waals surface area (Å²) in [6.45, 7) is 2.26. The third-order valence-corrected chi connectivity index (χ3v) is 5.51. The molecule has 0 fully saturated rings. The summed E-state index contributed by atoms with van der Waals surface area (Å²) in [5.41, 5.74) is 1.76. The number of pyridine rings is 1. The van der Waals surface area contributed by atoms with Gasteiger partial charge >= 0.3 is 5.69 Å². The van der Waals surface area contributed by atoms with Gasteiger partial charge in [0, 0.05) is 18.9 Å². The minimum atomic E-state index is -0.393. The van der Waals surface area contributed by atoms with Crippen LogP contribution in [-0.4, -0.2) is 30.2 Å². The lowest BCUT2D eigenvalue weighted by molar-refractivity contribution is 0.0954. The summed E-state index contributed by atoms with van der Waals surface area (Å²) in [6.07, 6.45) is 4.71. The van der Waals surface area contributed by atoms with Gasteiger partial charge in [0.15, 0.2) is 5.13 Å². The van der Waals surface area contributed by atoms with Crippen LogP contribution >= 0.6 is 11.3 Å². The Morgan fingerprint density at radius 2 is 2.00 bits per heavy atom. The van der Waals surface area contributed by atoms with Gasteiger partial charge in [-0.25, -0.2) is 23.4 Å². The topological polar surface area (TPSA) is 94.7 Å². The summed E-state index contributed by atoms with van der Waals surface area (Å²) < 4.78 is 15.6. The average Bonchev–Trinajstić information content (AvgIpc) is 3.31. The fourth-order valence-electron chi connectivity index (χ4n) is 2.80. The number of halogens is 1. The highest BCUT2D eigenvalue weighted by atomic mass is 32.1. The molecule has 8 nitrogen and oxygen atoms in total. The zero-order valence-electron chi connectivity index (χ0n) is 15.9. The highest BCUT2D eigenvalue weighted by Gasteiger charge is 2.18. The third kappa shape index (κ3) is 4.18. The molecule has 0 unspecified atom stereocenters. The molecule has 0 aliphatic heterocycles. The molecule has 0 bridgehead atoms. The quantitative estimate of drug-likeness (QED) is 0.513. The largest absolute Gasteiger partial charge is 0.352 e. The number of benzene rings is 1. The summed E-state index contributed by atoms with van der Waals surface area (Å²) in [7, 11) is 0. The summed E-state index contributed by atoms with van der Waals surface area (Å²) in [5, 5.41) is 7.29. The van der Waals surface area contributed by atoms with E-state index < -0.39 is 5.69 Å². The van der Waals surface area contributed by atoms with Gasteiger partial charge in [-0.3, -0.25) is 9.78 Å². The zero-order chi connectivity index (χ0) is 21.1. The van der Waals surface area contributed by atoms with Crippen molar-refractivity contribution in [3.63, 3.8) is 0 Å². The van der Waals surface area contributed by atoms with Crippen molar-refractivity contribution in [3.8, 4) is 5.13 Å². The minimum absolute atomic E-state index is 0.203. The molecule has 0 spiro atoms. The van der Waals surface area contributed by atoms with E-state index in [0.29, 0.717) is 22.2 Å². The zero-order valence-corrected chi connectivity index (χ0v) is 16.8. The standard InChI is InChI=1S/C20H17FN6O2S/c1-13-17(18(28)23-10-15-3-2-8-22-9-15)30-19(25-13)26-12-24-27(20(26)29)11-14-4-6-16(21)7-5-14/h2-9,12H,10-11H2,1H3,(H,23,28). The van der Waals surface area contributed by atoms with Crippen LogP contribution in [0.25, 0.3) is 5.13 Å². The van der Waals surface area contributed by atoms with E-state index in [2.05, 4.69) is 20.4 Å². The first-order valence-electron chi connectivity index (χ1n) is 9.05. The van der Waals surface area contributed by atoms with E-state index in [1.165, 1.54) is 27.7 Å². The molecule has 1 N–H and O–H groups in total. The van der Waals surface area contributed by atoms with Crippen LogP contribution in [-0.2, 0) is 13.1 Å². The molecule has 0 saturated carbocycles. The van der Waals surface area contributed by atoms with Crippen LogP contribution in [0.3, 0.4) is 0 Å². The van der Waals surface area contributed by atoms with E-state index >= 15 is 0 Å². The van der Waals surface area contributed by atoms with Crippen molar-refractivity contribution in [2.45, 2.75) is 20.0 Å². The Labute approximate surface area is 174 Å². The lowest BCUT2D eigenvalue weighted by Gasteiger charge is -2.03. The van der Waals surface area contributed by atoms with Gasteiger partial charge in [-0.2, -0.15) is 5.10 Å². The van der Waals surface area contributed by atoms with Gasteiger partial charge < -0.3 is 5.32 Å². The monoisotopic (exact) mass is 424 g/mol. The fraction of sp³-hybridized carbons (Fsp3) is 0.150. The maximum atomic E-state index is 13.1. The summed E-state index contributed by atoms with van der Waals surface area (Å²) in [5.74, 6) is -0.615. The van der Waals surface area contributed by atoms with Gasteiger partial charge in [0.25, 0.3) is 5.91 Å². The van der Waals surface area contributed by atoms with Crippen LogP contribution in [0.4, 0.5) is 4.39 Å². The van der Waals surface area contributed by atoms with Crippen LogP contribution < -0.4 is 11.0 Å². The second-order valence-corrected chi connectivity index (χ2v) is 7.50. The van der Waals surface area contributed by atoms with E-state index in [1.54, 1.807) is 37.5 Å². The van der Waals surface area contributed by atoms with Gasteiger partial charge in [-0.15, -0.1) is 0 Å². The van der Waals surface area contributed by atoms with Crippen molar-refractivity contribution < 1.29 is 9.18 Å². The van der Waals surface area contributed by atoms with Crippen molar-refractivity contribution in [2.75, 3.05) is 0 Å². The molecule has 4 aromatic rings. The lowest BCUT2D eigenvalue weighted by atomic mass is 10.2. The van der Waals surface area contributed by atoms with Crippen molar-refractivity contribution in [2.24, 2.45) is 0 Å². The number of hydrogen-bond donors (Lipinski definition) is 1. The van der Waals surface area contributed by atoms with Crippen LogP contribution in [0.15, 0.2) is 59.9 Å². The Morgan fingerprint density at radius 1 is 1.20 bits per heavy atom. The maximum absolute atomic E-state index is 13.1. The molecule has 0 saturated heterocycles. The van der Waals surface area contributed by atoms with E-state index in [1.807, 2.05) is 6.07 Å². The third-order valence-electron chi connectivity index (χ3n) is 4.35. The number of nitrogens with one attached hydrogen (secondary N) is 1. The molecule has 1 amide bonds. The predicted molar refractivity (Wildman–Crippen MR) is 109 cm³/mol. The summed E-state index contributed by atoms with van der Waals surface area (Å²) >= 11 is 1.11. The fourth-order valence-corrected chi connectivity index (χ4v) is 3.75. The normalized spacial score (nSPS) is 10.9. The minimum Gasteiger partial charge on any atom is -0.347 e. The van der Waals surface area contributed by atoms with Gasteiger partial charge in [0.05, 0.1) is 12.2 Å². The number of carbonyl (C=O) groups excluding carboxylic acids is 1. The average molecular weight is 424 g/mol. The Balaban J connectivity index is 1.51. The number of hydrogen-bond acceptors (Lipinski definition) is 6. The molecule has 152 valence electrons. The number of rotatable bonds is 6. The Morgan fingerprint density at radius 3 is 2.73 bits per heavy atom. The van der Waals surface area contributed by atoms with Gasteiger partial charge in [0.2, 0.25) is 0 Å². The smallest absolute Gasteiger partial charge is 0.347 e. The van der Waals surface area contributed by atoms with Gasteiger partial charge in [-0.05, 0) is 36.2 Å². The van der Waals surface area contributed by atoms with E-state index in [9.17, 15) is 14.0 Å². The number of carbonyl (C=O) groups is 1. The molecule has 0 atom stereocenters. The molecule has 0 aliphatic rings. The molecule has 0 aliphatic carbocycles. The van der Waals surface area contributed by atoms with Crippen molar-refractivity contribution in [3.05, 3.63) is 93.1 Å². The Bertz CT molecular complexity index is 1230. The van der Waals surface area contributed by atoms with Crippen molar-refractivity contribution >= 4 is 17.2 Å². The second kappa shape index (κ2) is 8.37. The van der Waals surface area contributed by atoms with Crippen LogP contribution in [0.2, 0.25) is 0 Å². The van der Waals surface area contributed by atoms with Crippen molar-refractivity contribution in [1.29, 1.82) is 0 Å². The molecule has 1 aromatic carbocycles. The van der Waals surface area contributed by atoms with Gasteiger partial charge in [-0.1, -0.05) is 29.5 Å². The van der Waals surface area contributed by atoms with Gasteiger partial charge in [0.1, 0.15) is 17.0 Å². The Kier molecular flexibility index (Phi) is 5.48. The lowest BCUT2D eigenvalue weighted by Crippen LogP contribution is -2.24. The molecule has 3 heterocycles. The molecule has 0 radical (unpaired) electrons. The van der Waals surface area contributed by atoms with Crippen LogP contribution in [0.1, 0.15) is 26.5 Å². The first kappa shape index (κ1) is 19.6. The number of aromatic nitrogens is 5. The SMILES string of the molecule is Cc1nc(-n2cnn(Cc3ccc(F)cc3)c2=O)sc1C(=O)NCc1cccnc1. The highest BCUT2D eigenvalue weighted by molar-refractivity contribution is 7.16. The van der Waals surface area contributed by atoms with Crippen molar-refractivity contribution in [1.82, 2.24) is 29.6 Å². The van der Waals surface area contributed by atoms with E-state index in [4.69, 9.17) is 0 Å². The first-order valence-corrected chi connectivity index (χ1v) is 9.87. The summed E-state index contributed by atoms with van der Waals surface area (Å²) in [6, 6.07) is 9.52. The molecule has 10 heteroatoms. The first-order chi connectivity index (χ1) is 14.5. The summed E-state index contributed by atoms with van der Waals surface area (Å²) in [4.78, 5) is 34.0. The van der Waals surface area contributed by atoms with E-state index in [0.717, 1.165) is 22.5 Å². The maximum Gasteiger partial charge on any atom is 0.352 e. The molecule has 4 rings (SSSR count). The number of amides is 1. The molecule has 30 heavy (non-hydrogen) atoms. The number of thiazole rings is 1.